The highest BCUT2D eigenvalue weighted by Crippen LogP contribution is 2.32. The second-order valence-corrected chi connectivity index (χ2v) is 8.46. The van der Waals surface area contributed by atoms with Gasteiger partial charge in [0.1, 0.15) is 0 Å². The number of carbonyl (C=O) groups excluding carboxylic acids is 1. The van der Waals surface area contributed by atoms with Gasteiger partial charge in [0.15, 0.2) is 0 Å². The quantitative estimate of drug-likeness (QED) is 0.702. The summed E-state index contributed by atoms with van der Waals surface area (Å²) in [7, 11) is 0. The molecule has 3 heterocycles. The van der Waals surface area contributed by atoms with Gasteiger partial charge in [-0.25, -0.2) is 4.98 Å². The summed E-state index contributed by atoms with van der Waals surface area (Å²) in [4.78, 5) is 19.7. The first kappa shape index (κ1) is 20.4. The van der Waals surface area contributed by atoms with Crippen molar-refractivity contribution < 1.29 is 9.32 Å². The van der Waals surface area contributed by atoms with Crippen LogP contribution in [0.3, 0.4) is 0 Å². The summed E-state index contributed by atoms with van der Waals surface area (Å²) < 4.78 is 5.33. The number of halogens is 1. The van der Waals surface area contributed by atoms with E-state index in [1.54, 1.807) is 24.3 Å². The molecule has 0 radical (unpaired) electrons. The number of hydrogen-bond donors (Lipinski definition) is 2. The van der Waals surface area contributed by atoms with Gasteiger partial charge in [-0.15, -0.1) is 23.7 Å². The highest BCUT2D eigenvalue weighted by atomic mass is 35.5. The zero-order valence-electron chi connectivity index (χ0n) is 15.5. The second kappa shape index (κ2) is 7.34. The van der Waals surface area contributed by atoms with Crippen LogP contribution in [0.2, 0.25) is 0 Å². The fraction of sp³-hybridized carbons (Fsp3) is 0.389. The Bertz CT molecular complexity index is 956. The summed E-state index contributed by atoms with van der Waals surface area (Å²) >= 11 is 1.70. The summed E-state index contributed by atoms with van der Waals surface area (Å²) in [5, 5.41) is 7.50. The van der Waals surface area contributed by atoms with Crippen LogP contribution in [-0.4, -0.2) is 28.1 Å². The van der Waals surface area contributed by atoms with Crippen LogP contribution >= 0.6 is 23.7 Å². The van der Waals surface area contributed by atoms with Gasteiger partial charge in [-0.2, -0.15) is 0 Å². The monoisotopic (exact) mass is 394 g/mol. The van der Waals surface area contributed by atoms with E-state index in [1.807, 2.05) is 20.8 Å². The first-order valence-electron chi connectivity index (χ1n) is 8.07. The van der Waals surface area contributed by atoms with E-state index in [4.69, 9.17) is 10.3 Å². The van der Waals surface area contributed by atoms with Gasteiger partial charge in [0.05, 0.1) is 22.3 Å². The molecule has 0 unspecified atom stereocenters. The van der Waals surface area contributed by atoms with E-state index in [1.165, 1.54) is 4.88 Å². The van der Waals surface area contributed by atoms with Crippen molar-refractivity contribution >= 4 is 40.8 Å². The number of amides is 1. The molecular weight excluding hydrogens is 372 g/mol. The molecule has 3 N–H and O–H groups in total. The van der Waals surface area contributed by atoms with Crippen molar-refractivity contribution in [3.05, 3.63) is 33.1 Å². The molecule has 0 aliphatic rings. The van der Waals surface area contributed by atoms with Gasteiger partial charge in [0.25, 0.3) is 11.6 Å². The number of thiophene rings is 1. The van der Waals surface area contributed by atoms with Gasteiger partial charge < -0.3 is 15.6 Å². The maximum Gasteiger partial charge on any atom is 0.259 e. The number of carbonyl (C=O) groups is 1. The third-order valence-electron chi connectivity index (χ3n) is 3.88. The molecule has 0 atom stereocenters. The maximum atomic E-state index is 12.8. The lowest BCUT2D eigenvalue weighted by molar-refractivity contribution is 0.0947. The van der Waals surface area contributed by atoms with Gasteiger partial charge in [-0.3, -0.25) is 4.79 Å². The SMILES string of the molecule is Cc1cc(-c2cc(C(=O)NCC(C)(C)N)c3c(C)noc3n2)c(C)s1.Cl. The van der Waals surface area contributed by atoms with Crippen molar-refractivity contribution in [1.29, 1.82) is 0 Å². The third-order valence-corrected chi connectivity index (χ3v) is 4.85. The van der Waals surface area contributed by atoms with E-state index in [0.717, 1.165) is 10.4 Å². The van der Waals surface area contributed by atoms with Crippen molar-refractivity contribution in [3.63, 3.8) is 0 Å². The zero-order chi connectivity index (χ0) is 18.4. The number of aryl methyl sites for hydroxylation is 3. The molecule has 0 saturated carbocycles. The van der Waals surface area contributed by atoms with E-state index >= 15 is 0 Å². The molecule has 1 amide bonds. The topological polar surface area (TPSA) is 94.0 Å². The average Bonchev–Trinajstić information content (AvgIpc) is 3.05. The number of nitrogens with one attached hydrogen (secondary N) is 1. The summed E-state index contributed by atoms with van der Waals surface area (Å²) in [6.07, 6.45) is 0. The molecule has 8 heteroatoms. The molecule has 0 aromatic carbocycles. The molecule has 140 valence electrons. The minimum atomic E-state index is -0.491. The Morgan fingerprint density at radius 3 is 2.58 bits per heavy atom. The van der Waals surface area contributed by atoms with Crippen LogP contribution in [0.1, 0.15) is 39.7 Å². The van der Waals surface area contributed by atoms with Crippen LogP contribution in [0.15, 0.2) is 16.7 Å². The number of aromatic nitrogens is 2. The van der Waals surface area contributed by atoms with Crippen LogP contribution < -0.4 is 11.1 Å². The lowest BCUT2D eigenvalue weighted by Gasteiger charge is -2.19. The molecule has 0 spiro atoms. The van der Waals surface area contributed by atoms with Gasteiger partial charge in [-0.05, 0) is 46.8 Å². The summed E-state index contributed by atoms with van der Waals surface area (Å²) in [6, 6.07) is 3.88. The van der Waals surface area contributed by atoms with Crippen molar-refractivity contribution in [2.24, 2.45) is 5.73 Å². The molecule has 3 aromatic rings. The highest BCUT2D eigenvalue weighted by molar-refractivity contribution is 7.12. The highest BCUT2D eigenvalue weighted by Gasteiger charge is 2.21. The van der Waals surface area contributed by atoms with Crippen LogP contribution in [0.25, 0.3) is 22.4 Å². The Kier molecular flexibility index (Phi) is 5.75. The Hall–Kier alpha value is -1.96. The second-order valence-electron chi connectivity index (χ2n) is 7.00. The Balaban J connectivity index is 0.00000243. The normalized spacial score (nSPS) is 11.5. The minimum absolute atomic E-state index is 0. The van der Waals surface area contributed by atoms with Gasteiger partial charge in [0.2, 0.25) is 0 Å². The van der Waals surface area contributed by atoms with Crippen LogP contribution in [0.4, 0.5) is 0 Å². The number of rotatable bonds is 4. The lowest BCUT2D eigenvalue weighted by atomic mass is 10.0. The van der Waals surface area contributed by atoms with Crippen molar-refractivity contribution in [3.8, 4) is 11.3 Å². The van der Waals surface area contributed by atoms with E-state index in [9.17, 15) is 4.79 Å². The molecular formula is C18H23ClN4O2S. The molecule has 3 rings (SSSR count). The third kappa shape index (κ3) is 4.06. The Morgan fingerprint density at radius 2 is 2.00 bits per heavy atom. The number of pyridine rings is 1. The fourth-order valence-corrected chi connectivity index (χ4v) is 3.63. The molecule has 0 aliphatic carbocycles. The smallest absolute Gasteiger partial charge is 0.259 e. The van der Waals surface area contributed by atoms with Crippen molar-refractivity contribution in [2.45, 2.75) is 40.2 Å². The number of nitrogens with zero attached hydrogens (tertiary/aromatic N) is 2. The average molecular weight is 395 g/mol. The maximum absolute atomic E-state index is 12.8. The van der Waals surface area contributed by atoms with Crippen LogP contribution in [0, 0.1) is 20.8 Å². The van der Waals surface area contributed by atoms with E-state index in [2.05, 4.69) is 28.4 Å². The van der Waals surface area contributed by atoms with E-state index in [0.29, 0.717) is 34.6 Å². The van der Waals surface area contributed by atoms with Crippen LogP contribution in [0.5, 0.6) is 0 Å². The number of nitrogens with two attached hydrogens (primary N) is 1. The first-order valence-corrected chi connectivity index (χ1v) is 8.89. The zero-order valence-corrected chi connectivity index (χ0v) is 17.1. The summed E-state index contributed by atoms with van der Waals surface area (Å²) in [5.41, 5.74) is 8.72. The van der Waals surface area contributed by atoms with Gasteiger partial charge >= 0.3 is 0 Å². The molecule has 0 fully saturated rings. The van der Waals surface area contributed by atoms with Gasteiger partial charge in [-0.1, -0.05) is 5.16 Å². The fourth-order valence-electron chi connectivity index (χ4n) is 2.70. The van der Waals surface area contributed by atoms with Crippen molar-refractivity contribution in [2.75, 3.05) is 6.54 Å². The Morgan fingerprint density at radius 1 is 1.31 bits per heavy atom. The van der Waals surface area contributed by atoms with E-state index in [-0.39, 0.29) is 18.3 Å². The molecule has 0 bridgehead atoms. The Labute approximate surface area is 162 Å². The number of hydrogen-bond acceptors (Lipinski definition) is 6. The van der Waals surface area contributed by atoms with Gasteiger partial charge in [0, 0.05) is 27.4 Å². The predicted molar refractivity (Wildman–Crippen MR) is 107 cm³/mol. The van der Waals surface area contributed by atoms with Crippen molar-refractivity contribution in [1.82, 2.24) is 15.5 Å². The lowest BCUT2D eigenvalue weighted by Crippen LogP contribution is -2.45. The molecule has 0 aliphatic heterocycles. The van der Waals surface area contributed by atoms with Crippen LogP contribution in [-0.2, 0) is 0 Å². The molecule has 26 heavy (non-hydrogen) atoms. The molecule has 6 nitrogen and oxygen atoms in total. The minimum Gasteiger partial charge on any atom is -0.350 e. The first-order chi connectivity index (χ1) is 11.7. The summed E-state index contributed by atoms with van der Waals surface area (Å²) in [6.45, 7) is 9.99. The van der Waals surface area contributed by atoms with E-state index < -0.39 is 5.54 Å². The predicted octanol–water partition coefficient (Wildman–Crippen LogP) is 3.77. The standard InChI is InChI=1S/C18H22N4O2S.ClH/c1-9-6-12(11(3)25-9)14-7-13(16(23)20-8-18(4,5)19)15-10(2)22-24-17(15)21-14;/h6-7H,8,19H2,1-5H3,(H,20,23);1H. The largest absolute Gasteiger partial charge is 0.350 e. The number of fused-ring (bicyclic) bond motifs is 1. The molecule has 3 aromatic heterocycles. The molecule has 0 saturated heterocycles. The summed E-state index contributed by atoms with van der Waals surface area (Å²) in [5.74, 6) is -0.205.